The summed E-state index contributed by atoms with van der Waals surface area (Å²) in [4.78, 5) is 23.3. The van der Waals surface area contributed by atoms with Crippen LogP contribution in [-0.2, 0) is 9.59 Å². The minimum absolute atomic E-state index is 0.0963. The molecule has 0 bridgehead atoms. The summed E-state index contributed by atoms with van der Waals surface area (Å²) in [6.45, 7) is 2.07. The van der Waals surface area contributed by atoms with Gasteiger partial charge in [0.1, 0.15) is 0 Å². The normalized spacial score (nSPS) is 30.6. The Morgan fingerprint density at radius 1 is 1.18 bits per heavy atom. The molecule has 2 aliphatic carbocycles. The van der Waals surface area contributed by atoms with E-state index in [1.807, 2.05) is 6.07 Å². The van der Waals surface area contributed by atoms with Crippen molar-refractivity contribution in [1.82, 2.24) is 5.32 Å². The predicted molar refractivity (Wildman–Crippen MR) is 83.6 cm³/mol. The Labute approximate surface area is 130 Å². The topological polar surface area (TPSA) is 66.4 Å². The summed E-state index contributed by atoms with van der Waals surface area (Å²) in [5.41, 5.74) is 2.49. The highest BCUT2D eigenvalue weighted by Gasteiger charge is 2.44. The highest BCUT2D eigenvalue weighted by Crippen LogP contribution is 2.47. The SMILES string of the molecule is Cc1cccc([C@@H]2C[C@H]2C(=O)NC2CCC(C(=O)O)CC2)c1. The van der Waals surface area contributed by atoms with Gasteiger partial charge in [-0.2, -0.15) is 0 Å². The van der Waals surface area contributed by atoms with Crippen molar-refractivity contribution in [3.05, 3.63) is 35.4 Å². The molecule has 22 heavy (non-hydrogen) atoms. The molecule has 118 valence electrons. The quantitative estimate of drug-likeness (QED) is 0.898. The third-order valence-corrected chi connectivity index (χ3v) is 5.02. The van der Waals surface area contributed by atoms with Gasteiger partial charge in [0.15, 0.2) is 0 Å². The first-order valence-electron chi connectivity index (χ1n) is 8.14. The molecular formula is C18H23NO3. The number of amides is 1. The summed E-state index contributed by atoms with van der Waals surface area (Å²) in [7, 11) is 0. The number of carboxylic acid groups (broad SMARTS) is 1. The standard InChI is InChI=1S/C18H23NO3/c1-11-3-2-4-13(9-11)15-10-16(15)17(20)19-14-7-5-12(6-8-14)18(21)22/h2-4,9,12,14-16H,5-8,10H2,1H3,(H,19,20)(H,21,22)/t12?,14?,15-,16+/m0/s1. The number of benzene rings is 1. The zero-order valence-corrected chi connectivity index (χ0v) is 12.9. The van der Waals surface area contributed by atoms with E-state index in [1.165, 1.54) is 11.1 Å². The fourth-order valence-corrected chi connectivity index (χ4v) is 3.55. The largest absolute Gasteiger partial charge is 0.481 e. The summed E-state index contributed by atoms with van der Waals surface area (Å²) in [6.07, 6.45) is 3.84. The van der Waals surface area contributed by atoms with Crippen LogP contribution in [0, 0.1) is 18.8 Å². The average Bonchev–Trinajstić information content (AvgIpc) is 3.28. The number of hydrogen-bond donors (Lipinski definition) is 2. The van der Waals surface area contributed by atoms with E-state index in [9.17, 15) is 9.59 Å². The van der Waals surface area contributed by atoms with Gasteiger partial charge in [0.2, 0.25) is 5.91 Å². The molecule has 0 saturated heterocycles. The highest BCUT2D eigenvalue weighted by molar-refractivity contribution is 5.83. The molecule has 2 atom stereocenters. The van der Waals surface area contributed by atoms with Crippen molar-refractivity contribution in [3.63, 3.8) is 0 Å². The lowest BCUT2D eigenvalue weighted by Gasteiger charge is -2.26. The minimum atomic E-state index is -0.702. The summed E-state index contributed by atoms with van der Waals surface area (Å²) >= 11 is 0. The lowest BCUT2D eigenvalue weighted by Crippen LogP contribution is -2.39. The molecule has 2 fully saturated rings. The zero-order chi connectivity index (χ0) is 15.7. The Bertz CT molecular complexity index is 575. The number of carbonyl (C=O) groups excluding carboxylic acids is 1. The third kappa shape index (κ3) is 3.32. The van der Waals surface area contributed by atoms with Crippen molar-refractivity contribution in [2.45, 2.75) is 51.0 Å². The third-order valence-electron chi connectivity index (χ3n) is 5.02. The van der Waals surface area contributed by atoms with Crippen LogP contribution in [0.4, 0.5) is 0 Å². The van der Waals surface area contributed by atoms with Crippen LogP contribution < -0.4 is 5.32 Å². The molecule has 4 nitrogen and oxygen atoms in total. The number of aliphatic carboxylic acids is 1. The van der Waals surface area contributed by atoms with Crippen LogP contribution in [0.3, 0.4) is 0 Å². The van der Waals surface area contributed by atoms with Crippen molar-refractivity contribution in [2.75, 3.05) is 0 Å². The van der Waals surface area contributed by atoms with Gasteiger partial charge >= 0.3 is 5.97 Å². The first kappa shape index (κ1) is 15.1. The van der Waals surface area contributed by atoms with Crippen LogP contribution in [0.25, 0.3) is 0 Å². The van der Waals surface area contributed by atoms with Crippen LogP contribution >= 0.6 is 0 Å². The van der Waals surface area contributed by atoms with Crippen molar-refractivity contribution in [3.8, 4) is 0 Å². The number of hydrogen-bond acceptors (Lipinski definition) is 2. The van der Waals surface area contributed by atoms with Gasteiger partial charge in [0.25, 0.3) is 0 Å². The molecule has 2 N–H and O–H groups in total. The minimum Gasteiger partial charge on any atom is -0.481 e. The predicted octanol–water partition coefficient (Wildman–Crippen LogP) is 2.86. The Hall–Kier alpha value is -1.84. The van der Waals surface area contributed by atoms with E-state index in [0.717, 1.165) is 19.3 Å². The second-order valence-electron chi connectivity index (χ2n) is 6.76. The lowest BCUT2D eigenvalue weighted by atomic mass is 9.86. The van der Waals surface area contributed by atoms with Gasteiger partial charge in [-0.3, -0.25) is 9.59 Å². The Morgan fingerprint density at radius 2 is 1.91 bits per heavy atom. The first-order chi connectivity index (χ1) is 10.5. The smallest absolute Gasteiger partial charge is 0.306 e. The molecule has 0 spiro atoms. The summed E-state index contributed by atoms with van der Waals surface area (Å²) in [5.74, 6) is -0.333. The van der Waals surface area contributed by atoms with Gasteiger partial charge in [-0.05, 0) is 50.5 Å². The first-order valence-corrected chi connectivity index (χ1v) is 8.14. The molecule has 0 heterocycles. The molecule has 3 rings (SSSR count). The van der Waals surface area contributed by atoms with E-state index >= 15 is 0 Å². The molecule has 0 radical (unpaired) electrons. The Balaban J connectivity index is 1.49. The van der Waals surface area contributed by atoms with Gasteiger partial charge in [-0.25, -0.2) is 0 Å². The number of carbonyl (C=O) groups is 2. The maximum atomic E-state index is 12.3. The molecular weight excluding hydrogens is 278 g/mol. The molecule has 0 unspecified atom stereocenters. The second-order valence-corrected chi connectivity index (χ2v) is 6.76. The molecule has 0 aromatic heterocycles. The number of nitrogens with one attached hydrogen (secondary N) is 1. The Morgan fingerprint density at radius 3 is 2.55 bits per heavy atom. The second kappa shape index (κ2) is 6.11. The summed E-state index contributed by atoms with van der Waals surface area (Å²) in [5, 5.41) is 12.1. The van der Waals surface area contributed by atoms with Crippen LogP contribution in [0.1, 0.15) is 49.1 Å². The maximum absolute atomic E-state index is 12.3. The Kier molecular flexibility index (Phi) is 4.19. The molecule has 2 saturated carbocycles. The number of carboxylic acids is 1. The van der Waals surface area contributed by atoms with E-state index in [4.69, 9.17) is 5.11 Å². The van der Waals surface area contributed by atoms with Gasteiger partial charge in [0.05, 0.1) is 5.92 Å². The van der Waals surface area contributed by atoms with Crippen molar-refractivity contribution < 1.29 is 14.7 Å². The maximum Gasteiger partial charge on any atom is 0.306 e. The zero-order valence-electron chi connectivity index (χ0n) is 12.9. The van der Waals surface area contributed by atoms with Crippen molar-refractivity contribution >= 4 is 11.9 Å². The van der Waals surface area contributed by atoms with Gasteiger partial charge < -0.3 is 10.4 Å². The molecule has 0 aliphatic heterocycles. The van der Waals surface area contributed by atoms with Crippen LogP contribution in [0.15, 0.2) is 24.3 Å². The molecule has 4 heteroatoms. The monoisotopic (exact) mass is 301 g/mol. The van der Waals surface area contributed by atoms with Crippen LogP contribution in [0.5, 0.6) is 0 Å². The van der Waals surface area contributed by atoms with Gasteiger partial charge in [-0.15, -0.1) is 0 Å². The molecule has 1 aromatic carbocycles. The van der Waals surface area contributed by atoms with E-state index < -0.39 is 5.97 Å². The molecule has 2 aliphatic rings. The number of rotatable bonds is 4. The molecule has 1 aromatic rings. The van der Waals surface area contributed by atoms with Crippen molar-refractivity contribution in [2.24, 2.45) is 11.8 Å². The fourth-order valence-electron chi connectivity index (χ4n) is 3.55. The van der Waals surface area contributed by atoms with E-state index in [2.05, 4.69) is 30.4 Å². The van der Waals surface area contributed by atoms with E-state index in [0.29, 0.717) is 18.8 Å². The van der Waals surface area contributed by atoms with Gasteiger partial charge in [-0.1, -0.05) is 29.8 Å². The lowest BCUT2D eigenvalue weighted by molar-refractivity contribution is -0.142. The van der Waals surface area contributed by atoms with Crippen LogP contribution in [-0.4, -0.2) is 23.0 Å². The molecule has 1 amide bonds. The summed E-state index contributed by atoms with van der Waals surface area (Å²) < 4.78 is 0. The van der Waals surface area contributed by atoms with E-state index in [1.54, 1.807) is 0 Å². The number of aryl methyl sites for hydroxylation is 1. The summed E-state index contributed by atoms with van der Waals surface area (Å²) in [6, 6.07) is 8.54. The average molecular weight is 301 g/mol. The van der Waals surface area contributed by atoms with Crippen molar-refractivity contribution in [1.29, 1.82) is 0 Å². The van der Waals surface area contributed by atoms with Gasteiger partial charge in [0, 0.05) is 12.0 Å². The van der Waals surface area contributed by atoms with E-state index in [-0.39, 0.29) is 23.8 Å². The highest BCUT2D eigenvalue weighted by atomic mass is 16.4. The van der Waals surface area contributed by atoms with Crippen LogP contribution in [0.2, 0.25) is 0 Å². The fraction of sp³-hybridized carbons (Fsp3) is 0.556.